The number of aromatic nitrogens is 1. The van der Waals surface area contributed by atoms with Gasteiger partial charge in [0.05, 0.1) is 23.6 Å². The summed E-state index contributed by atoms with van der Waals surface area (Å²) in [7, 11) is 0. The zero-order chi connectivity index (χ0) is 22.2. The monoisotopic (exact) mass is 426 g/mol. The second-order valence-electron chi connectivity index (χ2n) is 7.86. The summed E-state index contributed by atoms with van der Waals surface area (Å²) in [6, 6.07) is 17.5. The summed E-state index contributed by atoms with van der Waals surface area (Å²) in [4.78, 5) is 33.0. The highest BCUT2D eigenvalue weighted by molar-refractivity contribution is 6.10. The lowest BCUT2D eigenvalue weighted by Gasteiger charge is -2.24. The number of pyridine rings is 1. The highest BCUT2D eigenvalue weighted by Gasteiger charge is 2.44. The molecule has 1 aliphatic heterocycles. The number of para-hydroxylation sites is 1. The number of ether oxygens (including phenoxy) is 1. The molecule has 6 heteroatoms. The van der Waals surface area contributed by atoms with Crippen molar-refractivity contribution in [3.63, 3.8) is 0 Å². The van der Waals surface area contributed by atoms with Gasteiger partial charge in [-0.2, -0.15) is 0 Å². The molecule has 1 unspecified atom stereocenters. The van der Waals surface area contributed by atoms with E-state index in [0.29, 0.717) is 29.0 Å². The molecule has 0 saturated heterocycles. The van der Waals surface area contributed by atoms with E-state index in [1.807, 2.05) is 50.2 Å². The van der Waals surface area contributed by atoms with Crippen LogP contribution in [0.2, 0.25) is 0 Å². The standard InChI is InChI=1S/C26H22N2O4/c1-3-14-31-18-10-8-17(9-11-18)23-22-24(29)19-6-4-5-7-20(19)32-25(22)26(30)28(23)21-15-16(2)12-13-27-21/h4-13,15,23H,3,14H2,1-2H3. The molecule has 0 spiro atoms. The Bertz CT molecular complexity index is 1370. The van der Waals surface area contributed by atoms with Crippen molar-refractivity contribution in [2.24, 2.45) is 0 Å². The van der Waals surface area contributed by atoms with Crippen molar-refractivity contribution in [1.29, 1.82) is 0 Å². The topological polar surface area (TPSA) is 72.6 Å². The highest BCUT2D eigenvalue weighted by atomic mass is 16.5. The average molecular weight is 426 g/mol. The number of carbonyl (C=O) groups is 1. The summed E-state index contributed by atoms with van der Waals surface area (Å²) >= 11 is 0. The number of aryl methyl sites for hydroxylation is 1. The van der Waals surface area contributed by atoms with E-state index >= 15 is 0 Å². The average Bonchev–Trinajstić information content (AvgIpc) is 3.11. The minimum Gasteiger partial charge on any atom is -0.494 e. The third kappa shape index (κ3) is 3.24. The first-order valence-corrected chi connectivity index (χ1v) is 10.6. The van der Waals surface area contributed by atoms with Gasteiger partial charge in [-0.1, -0.05) is 31.2 Å². The van der Waals surface area contributed by atoms with Gasteiger partial charge in [0.2, 0.25) is 5.76 Å². The van der Waals surface area contributed by atoms with Gasteiger partial charge in [-0.15, -0.1) is 0 Å². The van der Waals surface area contributed by atoms with E-state index in [1.165, 1.54) is 0 Å². The highest BCUT2D eigenvalue weighted by Crippen LogP contribution is 2.41. The third-order valence-corrected chi connectivity index (χ3v) is 5.59. The molecule has 0 N–H and O–H groups in total. The first-order valence-electron chi connectivity index (χ1n) is 10.6. The molecule has 1 amide bonds. The molecule has 2 aromatic carbocycles. The van der Waals surface area contributed by atoms with Crippen LogP contribution in [-0.4, -0.2) is 17.5 Å². The number of anilines is 1. The van der Waals surface area contributed by atoms with Gasteiger partial charge in [-0.05, 0) is 60.9 Å². The quantitative estimate of drug-likeness (QED) is 0.447. The van der Waals surface area contributed by atoms with E-state index in [4.69, 9.17) is 9.15 Å². The predicted octanol–water partition coefficient (Wildman–Crippen LogP) is 5.04. The number of benzene rings is 2. The minimum atomic E-state index is -0.645. The molecule has 4 aromatic rings. The molecule has 32 heavy (non-hydrogen) atoms. The van der Waals surface area contributed by atoms with Crippen LogP contribution in [0.15, 0.2) is 76.1 Å². The first-order chi connectivity index (χ1) is 15.6. The van der Waals surface area contributed by atoms with Crippen molar-refractivity contribution in [3.8, 4) is 5.75 Å². The minimum absolute atomic E-state index is 0.0633. The van der Waals surface area contributed by atoms with Gasteiger partial charge in [-0.25, -0.2) is 4.98 Å². The number of hydrogen-bond donors (Lipinski definition) is 0. The Balaban J connectivity index is 1.72. The molecule has 160 valence electrons. The number of carbonyl (C=O) groups excluding carboxylic acids is 1. The van der Waals surface area contributed by atoms with Gasteiger partial charge in [0.25, 0.3) is 5.91 Å². The zero-order valence-corrected chi connectivity index (χ0v) is 17.9. The van der Waals surface area contributed by atoms with Crippen molar-refractivity contribution in [2.75, 3.05) is 11.5 Å². The van der Waals surface area contributed by atoms with Crippen LogP contribution in [-0.2, 0) is 0 Å². The molecule has 1 aliphatic rings. The van der Waals surface area contributed by atoms with Crippen molar-refractivity contribution in [2.45, 2.75) is 26.3 Å². The normalized spacial score (nSPS) is 15.2. The van der Waals surface area contributed by atoms with Crippen molar-refractivity contribution in [1.82, 2.24) is 4.98 Å². The first kappa shape index (κ1) is 20.0. The Morgan fingerprint density at radius 1 is 1.06 bits per heavy atom. The molecule has 0 aliphatic carbocycles. The Kier molecular flexibility index (Phi) is 4.98. The fourth-order valence-corrected chi connectivity index (χ4v) is 4.09. The van der Waals surface area contributed by atoms with Crippen LogP contribution in [0.25, 0.3) is 11.0 Å². The number of amides is 1. The maximum absolute atomic E-state index is 13.5. The van der Waals surface area contributed by atoms with E-state index in [2.05, 4.69) is 4.98 Å². The maximum Gasteiger partial charge on any atom is 0.296 e. The summed E-state index contributed by atoms with van der Waals surface area (Å²) in [6.07, 6.45) is 2.57. The molecular formula is C26H22N2O4. The molecule has 1 atom stereocenters. The lowest BCUT2D eigenvalue weighted by atomic mass is 9.98. The van der Waals surface area contributed by atoms with E-state index in [1.54, 1.807) is 35.4 Å². The van der Waals surface area contributed by atoms with Gasteiger partial charge in [-0.3, -0.25) is 14.5 Å². The molecular weight excluding hydrogens is 404 g/mol. The van der Waals surface area contributed by atoms with Crippen molar-refractivity contribution < 1.29 is 13.9 Å². The molecule has 0 fully saturated rings. The molecule has 5 rings (SSSR count). The molecule has 3 heterocycles. The van der Waals surface area contributed by atoms with Gasteiger partial charge < -0.3 is 9.15 Å². The number of nitrogens with zero attached hydrogens (tertiary/aromatic N) is 2. The van der Waals surface area contributed by atoms with E-state index in [9.17, 15) is 9.59 Å². The smallest absolute Gasteiger partial charge is 0.296 e. The fourth-order valence-electron chi connectivity index (χ4n) is 4.09. The SMILES string of the molecule is CCCOc1ccc(C2c3c(oc4ccccc4c3=O)C(=O)N2c2cc(C)ccn2)cc1. The van der Waals surface area contributed by atoms with Gasteiger partial charge in [0, 0.05) is 6.20 Å². The molecule has 0 bridgehead atoms. The molecule has 0 radical (unpaired) electrons. The third-order valence-electron chi connectivity index (χ3n) is 5.59. The molecule has 6 nitrogen and oxygen atoms in total. The maximum atomic E-state index is 13.5. The summed E-state index contributed by atoms with van der Waals surface area (Å²) in [6.45, 7) is 4.61. The zero-order valence-electron chi connectivity index (χ0n) is 17.9. The fraction of sp³-hybridized carbons (Fsp3) is 0.192. The van der Waals surface area contributed by atoms with Crippen LogP contribution in [0, 0.1) is 6.92 Å². The lowest BCUT2D eigenvalue weighted by molar-refractivity contribution is 0.0970. The van der Waals surface area contributed by atoms with Crippen LogP contribution in [0.3, 0.4) is 0 Å². The molecule has 0 saturated carbocycles. The van der Waals surface area contributed by atoms with E-state index < -0.39 is 6.04 Å². The Hall–Kier alpha value is -3.93. The van der Waals surface area contributed by atoms with E-state index in [-0.39, 0.29) is 17.1 Å². The van der Waals surface area contributed by atoms with Gasteiger partial charge in [0.15, 0.2) is 5.43 Å². The Labute approximate surface area is 185 Å². The number of rotatable bonds is 5. The largest absolute Gasteiger partial charge is 0.494 e. The van der Waals surface area contributed by atoms with E-state index in [0.717, 1.165) is 23.3 Å². The summed E-state index contributed by atoms with van der Waals surface area (Å²) in [5, 5.41) is 0.450. The van der Waals surface area contributed by atoms with Gasteiger partial charge in [0.1, 0.15) is 17.2 Å². The van der Waals surface area contributed by atoms with Crippen LogP contribution in [0.1, 0.15) is 46.6 Å². The summed E-state index contributed by atoms with van der Waals surface area (Å²) in [5.41, 5.74) is 2.27. The molecule has 2 aromatic heterocycles. The van der Waals surface area contributed by atoms with Crippen molar-refractivity contribution >= 4 is 22.7 Å². The van der Waals surface area contributed by atoms with Crippen LogP contribution in [0.4, 0.5) is 5.82 Å². The number of hydrogen-bond acceptors (Lipinski definition) is 5. The van der Waals surface area contributed by atoms with Crippen LogP contribution >= 0.6 is 0 Å². The van der Waals surface area contributed by atoms with Crippen LogP contribution < -0.4 is 15.1 Å². The Morgan fingerprint density at radius 3 is 2.59 bits per heavy atom. The van der Waals surface area contributed by atoms with Crippen molar-refractivity contribution in [3.05, 3.63) is 99.5 Å². The number of fused-ring (bicyclic) bond motifs is 2. The lowest BCUT2D eigenvalue weighted by Crippen LogP contribution is -2.30. The summed E-state index contributed by atoms with van der Waals surface area (Å²) < 4.78 is 11.7. The summed E-state index contributed by atoms with van der Waals surface area (Å²) in [5.74, 6) is 0.901. The van der Waals surface area contributed by atoms with Crippen LogP contribution in [0.5, 0.6) is 5.75 Å². The Morgan fingerprint density at radius 2 is 1.84 bits per heavy atom. The predicted molar refractivity (Wildman–Crippen MR) is 122 cm³/mol. The second-order valence-corrected chi connectivity index (χ2v) is 7.86. The van der Waals surface area contributed by atoms with Gasteiger partial charge >= 0.3 is 0 Å². The second kappa shape index (κ2) is 7.96.